The summed E-state index contributed by atoms with van der Waals surface area (Å²) in [5.41, 5.74) is 2.99. The summed E-state index contributed by atoms with van der Waals surface area (Å²) in [5, 5.41) is 62.9. The minimum absolute atomic E-state index is 0.00531. The predicted octanol–water partition coefficient (Wildman–Crippen LogP) is 7.82. The fourth-order valence-electron chi connectivity index (χ4n) is 9.31. The van der Waals surface area contributed by atoms with Gasteiger partial charge < -0.3 is 56.1 Å². The predicted molar refractivity (Wildman–Crippen MR) is 300 cm³/mol. The summed E-state index contributed by atoms with van der Waals surface area (Å²) in [4.78, 5) is 122. The summed E-state index contributed by atoms with van der Waals surface area (Å²) in [7, 11) is 1.13. The molecule has 9 N–H and O–H groups in total. The van der Waals surface area contributed by atoms with Crippen LogP contribution in [0.25, 0.3) is 49.1 Å². The van der Waals surface area contributed by atoms with Crippen molar-refractivity contribution in [3.63, 3.8) is 0 Å². The first-order valence-electron chi connectivity index (χ1n) is 26.6. The van der Waals surface area contributed by atoms with Gasteiger partial charge in [0.1, 0.15) is 29.3 Å². The number of unbranched alkanes of at least 4 members (excludes halogenated alkanes) is 5. The Morgan fingerprint density at radius 2 is 1.15 bits per heavy atom. The molecule has 0 fully saturated rings. The Morgan fingerprint density at radius 1 is 0.600 bits per heavy atom. The SMILES string of the molecule is CC=C(C(=CC=CCC(=O)NCCCCC(NC(=O)CCCCCCC(=O)NCCCCC(NC(=O)N(C)C(CCC(=O)O)C(=O)O)C(=O)O)C(=O)O)C(=O)O)c1c2ccc3cc(C)ccc3c2oc2c1ccc1cc(=O)ccc12. The van der Waals surface area contributed by atoms with Crippen molar-refractivity contribution in [1.29, 1.82) is 0 Å². The van der Waals surface area contributed by atoms with Crippen molar-refractivity contribution in [3.05, 3.63) is 112 Å². The Kier molecular flexibility index (Phi) is 23.5. The van der Waals surface area contributed by atoms with Gasteiger partial charge in [-0.15, -0.1) is 0 Å². The number of hydrogen-bond acceptors (Lipinski definition) is 11. The third-order valence-electron chi connectivity index (χ3n) is 13.6. The van der Waals surface area contributed by atoms with Crippen LogP contribution >= 0.6 is 0 Å². The van der Waals surface area contributed by atoms with E-state index in [9.17, 15) is 68.4 Å². The summed E-state index contributed by atoms with van der Waals surface area (Å²) in [6.07, 6.45) is 9.52. The average molecular weight is 1100 g/mol. The summed E-state index contributed by atoms with van der Waals surface area (Å²) < 4.78 is 6.67. The average Bonchev–Trinajstić information content (AvgIpc) is 3.49. The number of urea groups is 1. The van der Waals surface area contributed by atoms with Crippen molar-refractivity contribution < 1.29 is 73.1 Å². The van der Waals surface area contributed by atoms with Crippen LogP contribution in [0.1, 0.15) is 114 Å². The van der Waals surface area contributed by atoms with Crippen LogP contribution < -0.4 is 26.7 Å². The summed E-state index contributed by atoms with van der Waals surface area (Å²) in [6.45, 7) is 4.24. The van der Waals surface area contributed by atoms with E-state index in [0.717, 1.165) is 28.3 Å². The minimum Gasteiger partial charge on any atom is -0.481 e. The Bertz CT molecular complexity index is 3290. The van der Waals surface area contributed by atoms with E-state index in [2.05, 4.69) is 21.3 Å². The van der Waals surface area contributed by atoms with E-state index in [0.29, 0.717) is 95.2 Å². The Hall–Kier alpha value is -8.88. The van der Waals surface area contributed by atoms with Crippen molar-refractivity contribution in [2.75, 3.05) is 20.1 Å². The number of nitrogens with one attached hydrogen (secondary N) is 4. The molecule has 80 heavy (non-hydrogen) atoms. The molecule has 426 valence electrons. The number of nitrogens with zero attached hydrogens (tertiary/aromatic N) is 1. The van der Waals surface area contributed by atoms with Crippen molar-refractivity contribution in [2.45, 2.75) is 128 Å². The highest BCUT2D eigenvalue weighted by molar-refractivity contribution is 6.21. The quantitative estimate of drug-likeness (QED) is 0.00651. The number of hydrogen-bond donors (Lipinski definition) is 9. The molecule has 0 aliphatic heterocycles. The zero-order valence-electron chi connectivity index (χ0n) is 45.0. The fraction of sp³-hybridized carbons (Fsp3) is 0.390. The minimum atomic E-state index is -1.47. The molecular weight excluding hydrogens is 1030 g/mol. The van der Waals surface area contributed by atoms with E-state index >= 15 is 0 Å². The Balaban J connectivity index is 0.999. The van der Waals surface area contributed by atoms with Crippen molar-refractivity contribution in [3.8, 4) is 0 Å². The molecule has 0 spiro atoms. The van der Waals surface area contributed by atoms with Crippen LogP contribution in [0, 0.1) is 6.92 Å². The molecule has 3 atom stereocenters. The van der Waals surface area contributed by atoms with Gasteiger partial charge in [-0.25, -0.2) is 24.0 Å². The van der Waals surface area contributed by atoms with Crippen molar-refractivity contribution in [2.24, 2.45) is 0 Å². The molecule has 3 unspecified atom stereocenters. The van der Waals surface area contributed by atoms with Gasteiger partial charge >= 0.3 is 35.9 Å². The van der Waals surface area contributed by atoms with E-state index < -0.39 is 66.3 Å². The largest absolute Gasteiger partial charge is 0.481 e. The monoisotopic (exact) mass is 1100 g/mol. The molecule has 0 aliphatic carbocycles. The van der Waals surface area contributed by atoms with Crippen LogP contribution in [0.4, 0.5) is 4.79 Å². The van der Waals surface area contributed by atoms with E-state index in [1.165, 1.54) is 24.3 Å². The van der Waals surface area contributed by atoms with E-state index in [1.54, 1.807) is 25.1 Å². The van der Waals surface area contributed by atoms with E-state index in [-0.39, 0.29) is 74.4 Å². The van der Waals surface area contributed by atoms with Crippen LogP contribution in [0.3, 0.4) is 0 Å². The van der Waals surface area contributed by atoms with Gasteiger partial charge in [0.05, 0.1) is 5.57 Å². The number of amides is 5. The number of carboxylic acids is 5. The van der Waals surface area contributed by atoms with Crippen LogP contribution in [0.5, 0.6) is 0 Å². The molecule has 0 saturated carbocycles. The van der Waals surface area contributed by atoms with Gasteiger partial charge in [0.15, 0.2) is 5.43 Å². The first kappa shape index (κ1) is 62.0. The topological polar surface area (TPSA) is 336 Å². The molecule has 4 aromatic carbocycles. The van der Waals surface area contributed by atoms with Gasteiger partial charge in [-0.2, -0.15) is 0 Å². The van der Waals surface area contributed by atoms with Gasteiger partial charge in [-0.1, -0.05) is 67.0 Å². The number of aliphatic carboxylic acids is 5. The number of rotatable bonds is 32. The van der Waals surface area contributed by atoms with Crippen LogP contribution in [-0.4, -0.2) is 122 Å². The Labute approximate surface area is 460 Å². The smallest absolute Gasteiger partial charge is 0.336 e. The maximum Gasteiger partial charge on any atom is 0.336 e. The number of aryl methyl sites for hydroxylation is 1. The van der Waals surface area contributed by atoms with E-state index in [4.69, 9.17) is 9.52 Å². The van der Waals surface area contributed by atoms with Crippen LogP contribution in [0.2, 0.25) is 0 Å². The molecule has 1 aromatic heterocycles. The van der Waals surface area contributed by atoms with Gasteiger partial charge in [-0.05, 0) is 124 Å². The molecule has 0 bridgehead atoms. The fourth-order valence-corrected chi connectivity index (χ4v) is 9.31. The van der Waals surface area contributed by atoms with Gasteiger partial charge in [0.2, 0.25) is 17.7 Å². The zero-order chi connectivity index (χ0) is 58.5. The number of carbonyl (C=O) groups is 9. The molecular formula is C59H69N5O16. The number of fused-ring (bicyclic) bond motifs is 6. The summed E-state index contributed by atoms with van der Waals surface area (Å²) >= 11 is 0. The second kappa shape index (κ2) is 30.3. The molecule has 0 aliphatic rings. The van der Waals surface area contributed by atoms with Crippen LogP contribution in [-0.2, 0) is 38.4 Å². The lowest BCUT2D eigenvalue weighted by Crippen LogP contribution is -2.52. The number of carboxylic acid groups (broad SMARTS) is 5. The molecule has 0 radical (unpaired) electrons. The highest BCUT2D eigenvalue weighted by atomic mass is 16.4. The first-order valence-corrected chi connectivity index (χ1v) is 26.6. The van der Waals surface area contributed by atoms with Gasteiger partial charge in [0.25, 0.3) is 0 Å². The standard InChI is InChI=1S/C59H69N5O16/c1-4-39(52-43-26-22-36-33-35(2)21-25-40(36)53(43)80-54-41-28-24-38(65)34-37(41)23-27-44(52)54)42(55(71)72)15-9-10-19-49(67)61-31-13-11-16-45(56(73)74)62-50(68)20-8-6-5-7-18-48(66)60-32-14-12-17-46(57(75)76)63-59(79)64(3)47(58(77)78)29-30-51(69)70/h4,9-10,15,21-28,33-34,45-47H,5-8,11-14,16-20,29-32H2,1-3H3,(H,60,66)(H,61,67)(H,62,68)(H,63,79)(H,69,70)(H,71,72)(H,73,74)(H,75,76)(H,77,78). The molecule has 5 amide bonds. The van der Waals surface area contributed by atoms with E-state index in [1.807, 2.05) is 49.4 Å². The Morgan fingerprint density at radius 3 is 1.71 bits per heavy atom. The number of allylic oxidation sites excluding steroid dienone is 3. The molecule has 5 rings (SSSR count). The maximum atomic E-state index is 13.0. The van der Waals surface area contributed by atoms with Gasteiger partial charge in [-0.3, -0.25) is 24.0 Å². The van der Waals surface area contributed by atoms with Gasteiger partial charge in [0, 0.05) is 72.9 Å². The number of likely N-dealkylation sites (N-methyl/N-ethyl adjacent to an activating group) is 1. The molecule has 0 saturated heterocycles. The molecule has 1 heterocycles. The summed E-state index contributed by atoms with van der Waals surface area (Å²) in [6, 6.07) is 13.3. The highest BCUT2D eigenvalue weighted by Crippen LogP contribution is 2.41. The third-order valence-corrected chi connectivity index (χ3v) is 13.6. The number of benzene rings is 4. The zero-order valence-corrected chi connectivity index (χ0v) is 45.0. The summed E-state index contributed by atoms with van der Waals surface area (Å²) in [5.74, 6) is -7.38. The second-order valence-electron chi connectivity index (χ2n) is 19.5. The third kappa shape index (κ3) is 17.8. The normalized spacial score (nSPS) is 13.0. The van der Waals surface area contributed by atoms with Crippen molar-refractivity contribution in [1.82, 2.24) is 26.2 Å². The highest BCUT2D eigenvalue weighted by Gasteiger charge is 2.30. The number of carbonyl (C=O) groups excluding carboxylic acids is 4. The first-order chi connectivity index (χ1) is 38.2. The van der Waals surface area contributed by atoms with Crippen LogP contribution in [0.15, 0.2) is 99.8 Å². The molecule has 5 aromatic rings. The lowest BCUT2D eigenvalue weighted by Gasteiger charge is -2.26. The molecule has 21 nitrogen and oxygen atoms in total. The lowest BCUT2D eigenvalue weighted by atomic mass is 9.89. The molecule has 21 heteroatoms. The lowest BCUT2D eigenvalue weighted by molar-refractivity contribution is -0.143. The maximum absolute atomic E-state index is 13.0. The van der Waals surface area contributed by atoms with Crippen molar-refractivity contribution >= 4 is 103 Å². The second-order valence-corrected chi connectivity index (χ2v) is 19.5.